The second kappa shape index (κ2) is 18.0. The summed E-state index contributed by atoms with van der Waals surface area (Å²) < 4.78 is 35.0. The highest BCUT2D eigenvalue weighted by atomic mass is 35.5. The van der Waals surface area contributed by atoms with Crippen molar-refractivity contribution in [3.05, 3.63) is 96.2 Å². The Balaban J connectivity index is 0.000000238. The first kappa shape index (κ1) is 39.1. The lowest BCUT2D eigenvalue weighted by Crippen LogP contribution is -2.32. The lowest BCUT2D eigenvalue weighted by atomic mass is 9.93. The number of unbranched alkanes of at least 4 members (excludes halogenated alkanes) is 2. The molecule has 0 radical (unpaired) electrons. The summed E-state index contributed by atoms with van der Waals surface area (Å²) in [5, 5.41) is 11.6. The van der Waals surface area contributed by atoms with Crippen molar-refractivity contribution >= 4 is 69.9 Å². The highest BCUT2D eigenvalue weighted by Gasteiger charge is 2.41. The van der Waals surface area contributed by atoms with Gasteiger partial charge in [-0.2, -0.15) is 0 Å². The van der Waals surface area contributed by atoms with Gasteiger partial charge in [0.05, 0.1) is 34.4 Å². The fraction of sp³-hybridized carbons (Fsp3) is 0.314. The normalized spacial score (nSPS) is 13.6. The van der Waals surface area contributed by atoms with Gasteiger partial charge in [0.15, 0.2) is 6.61 Å². The molecule has 270 valence electrons. The summed E-state index contributed by atoms with van der Waals surface area (Å²) in [6, 6.07) is 10.5. The van der Waals surface area contributed by atoms with Crippen molar-refractivity contribution in [1.29, 1.82) is 0 Å². The molecule has 0 saturated heterocycles. The average molecular weight is 766 g/mol. The number of nitro benzene ring substituents is 1. The molecule has 0 unspecified atom stereocenters. The fourth-order valence-electron chi connectivity index (χ4n) is 5.17. The highest BCUT2D eigenvalue weighted by molar-refractivity contribution is 6.36. The lowest BCUT2D eigenvalue weighted by molar-refractivity contribution is -0.385. The molecular formula is C35H32Cl3FN2O10. The number of anilines is 1. The van der Waals surface area contributed by atoms with E-state index in [9.17, 15) is 33.7 Å². The summed E-state index contributed by atoms with van der Waals surface area (Å²) in [4.78, 5) is 59.8. The largest absolute Gasteiger partial charge is 0.480 e. The Labute approximate surface area is 307 Å². The summed E-state index contributed by atoms with van der Waals surface area (Å²) in [5.74, 6) is -2.73. The van der Waals surface area contributed by atoms with Gasteiger partial charge in [0.2, 0.25) is 0 Å². The van der Waals surface area contributed by atoms with E-state index >= 15 is 0 Å². The van der Waals surface area contributed by atoms with Crippen LogP contribution in [0.3, 0.4) is 0 Å². The molecule has 0 spiro atoms. The standard InChI is InChI=1S/C21H23ClFNO5.C14H9Cl2NO5/c1-2-3-6-9-28-19(25)12-29-18-11-17(16(23)10-15(18)22)24-20(26)13-7-4-5-8-14(13)21(24)27;1-21-14(18)10-7-9(3-4-12(10)17(19)20)22-13-5-2-8(15)6-11(13)16/h10-11H,2-9,12H2,1H3;2-7H,1H3. The van der Waals surface area contributed by atoms with Crippen molar-refractivity contribution in [2.45, 2.75) is 51.9 Å². The quantitative estimate of drug-likeness (QED) is 0.0575. The molecule has 3 aromatic rings. The molecular weight excluding hydrogens is 734 g/mol. The number of methoxy groups -OCH3 is 1. The Morgan fingerprint density at radius 3 is 2.20 bits per heavy atom. The number of imide groups is 1. The molecule has 1 heterocycles. The van der Waals surface area contributed by atoms with Gasteiger partial charge >= 0.3 is 11.9 Å². The van der Waals surface area contributed by atoms with E-state index in [1.54, 1.807) is 12.1 Å². The number of rotatable bonds is 12. The Bertz CT molecular complexity index is 1860. The summed E-state index contributed by atoms with van der Waals surface area (Å²) >= 11 is 17.8. The van der Waals surface area contributed by atoms with E-state index in [-0.39, 0.29) is 38.5 Å². The Kier molecular flexibility index (Phi) is 13.8. The molecule has 0 atom stereocenters. The minimum atomic E-state index is -0.834. The number of esters is 2. The van der Waals surface area contributed by atoms with Gasteiger partial charge in [0.25, 0.3) is 17.5 Å². The van der Waals surface area contributed by atoms with Gasteiger partial charge in [0, 0.05) is 34.4 Å². The molecule has 16 heteroatoms. The van der Waals surface area contributed by atoms with Crippen LogP contribution >= 0.6 is 34.8 Å². The molecule has 12 nitrogen and oxygen atoms in total. The molecule has 1 aliphatic carbocycles. The average Bonchev–Trinajstić information content (AvgIpc) is 3.36. The minimum absolute atomic E-state index is 0.000883. The van der Waals surface area contributed by atoms with E-state index in [2.05, 4.69) is 4.74 Å². The minimum Gasteiger partial charge on any atom is -0.480 e. The van der Waals surface area contributed by atoms with Crippen LogP contribution in [0, 0.1) is 15.9 Å². The van der Waals surface area contributed by atoms with Gasteiger partial charge < -0.3 is 18.9 Å². The monoisotopic (exact) mass is 764 g/mol. The number of ether oxygens (including phenoxy) is 4. The Morgan fingerprint density at radius 1 is 0.922 bits per heavy atom. The molecule has 2 amide bonds. The van der Waals surface area contributed by atoms with Crippen molar-refractivity contribution in [2.24, 2.45) is 0 Å². The zero-order chi connectivity index (χ0) is 37.2. The lowest BCUT2D eigenvalue weighted by Gasteiger charge is -2.18. The maximum Gasteiger partial charge on any atom is 0.345 e. The molecule has 0 N–H and O–H groups in total. The third-order valence-corrected chi connectivity index (χ3v) is 8.51. The molecule has 51 heavy (non-hydrogen) atoms. The molecule has 0 aromatic heterocycles. The van der Waals surface area contributed by atoms with E-state index < -0.39 is 41.1 Å². The molecule has 1 aliphatic heterocycles. The predicted octanol–water partition coefficient (Wildman–Crippen LogP) is 8.82. The van der Waals surface area contributed by atoms with Crippen molar-refractivity contribution in [3.8, 4) is 17.2 Å². The molecule has 0 saturated carbocycles. The van der Waals surface area contributed by atoms with Crippen LogP contribution in [0.15, 0.2) is 59.7 Å². The Hall–Kier alpha value is -4.72. The molecule has 0 bridgehead atoms. The number of carbonyl (C=O) groups excluding carboxylic acids is 4. The number of hydrogen-bond acceptors (Lipinski definition) is 10. The third kappa shape index (κ3) is 9.75. The fourth-order valence-corrected chi connectivity index (χ4v) is 5.82. The second-order valence-electron chi connectivity index (χ2n) is 11.2. The number of nitrogens with zero attached hydrogens (tertiary/aromatic N) is 2. The van der Waals surface area contributed by atoms with Crippen LogP contribution in [0.25, 0.3) is 0 Å². The van der Waals surface area contributed by atoms with Crippen LogP contribution < -0.4 is 14.4 Å². The van der Waals surface area contributed by atoms with Gasteiger partial charge in [-0.3, -0.25) is 19.7 Å². The summed E-state index contributed by atoms with van der Waals surface area (Å²) in [6.07, 6.45) is 5.40. The topological polar surface area (TPSA) is 152 Å². The van der Waals surface area contributed by atoms with Gasteiger partial charge in [0.1, 0.15) is 28.6 Å². The van der Waals surface area contributed by atoms with Crippen LogP contribution in [0.2, 0.25) is 15.1 Å². The van der Waals surface area contributed by atoms with Crippen LogP contribution in [0.1, 0.15) is 62.2 Å². The summed E-state index contributed by atoms with van der Waals surface area (Å²) in [7, 11) is 1.13. The SMILES string of the molecule is CCCCCOC(=O)COc1cc(N2C(=O)C3=C(CCCC3)C2=O)c(F)cc1Cl.COC(=O)c1cc(Oc2ccc(Cl)cc2Cl)ccc1[N+](=O)[O-]. The Morgan fingerprint density at radius 2 is 1.59 bits per heavy atom. The van der Waals surface area contributed by atoms with Crippen molar-refractivity contribution in [1.82, 2.24) is 0 Å². The molecule has 3 aromatic carbocycles. The zero-order valence-electron chi connectivity index (χ0n) is 27.5. The van der Waals surface area contributed by atoms with Gasteiger partial charge in [-0.25, -0.2) is 18.9 Å². The number of benzene rings is 3. The number of halogens is 4. The van der Waals surface area contributed by atoms with Crippen molar-refractivity contribution in [3.63, 3.8) is 0 Å². The van der Waals surface area contributed by atoms with Gasteiger partial charge in [-0.05, 0) is 62.4 Å². The van der Waals surface area contributed by atoms with Gasteiger partial charge in [-0.1, -0.05) is 54.6 Å². The number of nitro groups is 1. The highest BCUT2D eigenvalue weighted by Crippen LogP contribution is 2.40. The number of amides is 2. The zero-order valence-corrected chi connectivity index (χ0v) is 29.7. The summed E-state index contributed by atoms with van der Waals surface area (Å²) in [6.45, 7) is 1.93. The van der Waals surface area contributed by atoms with E-state index in [1.165, 1.54) is 24.3 Å². The van der Waals surface area contributed by atoms with E-state index in [1.807, 2.05) is 6.92 Å². The number of hydrogen-bond donors (Lipinski definition) is 0. The van der Waals surface area contributed by atoms with Crippen LogP contribution in [-0.2, 0) is 23.9 Å². The van der Waals surface area contributed by atoms with Crippen LogP contribution in [0.5, 0.6) is 17.2 Å². The second-order valence-corrected chi connectivity index (χ2v) is 12.4. The first-order valence-corrected chi connectivity index (χ1v) is 16.9. The summed E-state index contributed by atoms with van der Waals surface area (Å²) in [5.41, 5.74) is 0.0871. The van der Waals surface area contributed by atoms with Crippen molar-refractivity contribution in [2.75, 3.05) is 25.2 Å². The third-order valence-electron chi connectivity index (χ3n) is 7.68. The molecule has 0 fully saturated rings. The maximum absolute atomic E-state index is 14.5. The molecule has 5 rings (SSSR count). The van der Waals surface area contributed by atoms with E-state index in [0.717, 1.165) is 56.2 Å². The first-order valence-electron chi connectivity index (χ1n) is 15.7. The van der Waals surface area contributed by atoms with Crippen molar-refractivity contribution < 1.29 is 47.4 Å². The van der Waals surface area contributed by atoms with Crippen LogP contribution in [0.4, 0.5) is 15.8 Å². The van der Waals surface area contributed by atoms with Gasteiger partial charge in [-0.15, -0.1) is 0 Å². The number of carbonyl (C=O) groups is 4. The smallest absolute Gasteiger partial charge is 0.345 e. The predicted molar refractivity (Wildman–Crippen MR) is 186 cm³/mol. The molecule has 2 aliphatic rings. The maximum atomic E-state index is 14.5. The van der Waals surface area contributed by atoms with E-state index in [0.29, 0.717) is 41.4 Å². The first-order chi connectivity index (χ1) is 24.4. The van der Waals surface area contributed by atoms with E-state index in [4.69, 9.17) is 49.0 Å². The van der Waals surface area contributed by atoms with Crippen LogP contribution in [-0.4, -0.2) is 49.0 Å².